The Morgan fingerprint density at radius 3 is 2.89 bits per heavy atom. The molecule has 0 amide bonds. The van der Waals surface area contributed by atoms with Crippen molar-refractivity contribution < 1.29 is 14.6 Å². The molecular formula is C6H10O3. The number of rotatable bonds is 3. The summed E-state index contributed by atoms with van der Waals surface area (Å²) in [5.74, 6) is -0.616. The van der Waals surface area contributed by atoms with Crippen molar-refractivity contribution in [1.82, 2.24) is 0 Å². The molecule has 0 aliphatic rings. The predicted molar refractivity (Wildman–Crippen MR) is 32.8 cm³/mol. The van der Waals surface area contributed by atoms with Gasteiger partial charge in [-0.2, -0.15) is 0 Å². The fourth-order valence-corrected chi connectivity index (χ4v) is 0.390. The Balaban J connectivity index is 3.58. The molecule has 0 rings (SSSR count). The normalized spacial score (nSPS) is 12.2. The molecule has 0 heterocycles. The third kappa shape index (κ3) is 2.87. The molecule has 0 aliphatic heterocycles. The Bertz CT molecular complexity index is 109. The van der Waals surface area contributed by atoms with Crippen LogP contribution in [0.5, 0.6) is 0 Å². The van der Waals surface area contributed by atoms with Crippen LogP contribution in [0.3, 0.4) is 0 Å². The monoisotopic (exact) mass is 130 g/mol. The third-order valence-electron chi connectivity index (χ3n) is 0.863. The molecule has 0 saturated carbocycles. The van der Waals surface area contributed by atoms with Crippen LogP contribution < -0.4 is 0 Å². The zero-order valence-electron chi connectivity index (χ0n) is 5.33. The Morgan fingerprint density at radius 1 is 2.00 bits per heavy atom. The topological polar surface area (TPSA) is 46.5 Å². The Kier molecular flexibility index (Phi) is 3.71. The zero-order valence-corrected chi connectivity index (χ0v) is 5.33. The van der Waals surface area contributed by atoms with Gasteiger partial charge in [-0.3, -0.25) is 0 Å². The summed E-state index contributed by atoms with van der Waals surface area (Å²) in [6.07, 6.45) is 0.654. The lowest BCUT2D eigenvalue weighted by molar-refractivity contribution is -0.150. The lowest BCUT2D eigenvalue weighted by Gasteiger charge is -2.02. The number of ether oxygens (including phenoxy) is 1. The van der Waals surface area contributed by atoms with Crippen LogP contribution in [0, 0.1) is 0 Å². The molecule has 52 valence electrons. The molecule has 0 aromatic rings. The van der Waals surface area contributed by atoms with Crippen molar-refractivity contribution in [2.75, 3.05) is 7.11 Å². The van der Waals surface area contributed by atoms with Crippen molar-refractivity contribution in [3.63, 3.8) is 0 Å². The van der Waals surface area contributed by atoms with Gasteiger partial charge in [0.2, 0.25) is 0 Å². The minimum Gasteiger partial charge on any atom is -0.467 e. The van der Waals surface area contributed by atoms with E-state index in [4.69, 9.17) is 5.11 Å². The van der Waals surface area contributed by atoms with Crippen LogP contribution in [0.25, 0.3) is 0 Å². The molecule has 1 N–H and O–H groups in total. The quantitative estimate of drug-likeness (QED) is 0.435. The molecule has 3 nitrogen and oxygen atoms in total. The van der Waals surface area contributed by atoms with Crippen LogP contribution in [0.4, 0.5) is 0 Å². The predicted octanol–water partition coefficient (Wildman–Crippen LogP) is 0.0964. The summed E-state index contributed by atoms with van der Waals surface area (Å²) in [5.41, 5.74) is 0. The third-order valence-corrected chi connectivity index (χ3v) is 0.863. The van der Waals surface area contributed by atoms with E-state index in [0.29, 0.717) is 0 Å². The summed E-state index contributed by atoms with van der Waals surface area (Å²) in [7, 11) is 1.23. The second kappa shape index (κ2) is 4.09. The standard InChI is InChI=1S/C6H10O3/c1-3-4-5(7)6(8)9-2/h3,5,7H,1,4H2,2H3/t5-/m1/s1. The fraction of sp³-hybridized carbons (Fsp3) is 0.500. The van der Waals surface area contributed by atoms with E-state index in [1.807, 2.05) is 0 Å². The van der Waals surface area contributed by atoms with E-state index >= 15 is 0 Å². The van der Waals surface area contributed by atoms with E-state index in [1.165, 1.54) is 13.2 Å². The lowest BCUT2D eigenvalue weighted by atomic mass is 10.2. The van der Waals surface area contributed by atoms with Crippen molar-refractivity contribution in [3.05, 3.63) is 12.7 Å². The highest BCUT2D eigenvalue weighted by molar-refractivity contribution is 5.74. The van der Waals surface area contributed by atoms with Crippen LogP contribution >= 0.6 is 0 Å². The number of aliphatic hydroxyl groups is 1. The van der Waals surface area contributed by atoms with Crippen LogP contribution in [0.1, 0.15) is 6.42 Å². The summed E-state index contributed by atoms with van der Waals surface area (Å²) in [6.45, 7) is 3.35. The van der Waals surface area contributed by atoms with Crippen LogP contribution in [-0.4, -0.2) is 24.3 Å². The van der Waals surface area contributed by atoms with Gasteiger partial charge in [0.1, 0.15) is 0 Å². The number of carbonyl (C=O) groups is 1. The summed E-state index contributed by atoms with van der Waals surface area (Å²) in [4.78, 5) is 10.4. The van der Waals surface area contributed by atoms with Crippen molar-refractivity contribution in [2.45, 2.75) is 12.5 Å². The maximum absolute atomic E-state index is 10.4. The average molecular weight is 130 g/mol. The molecule has 0 unspecified atom stereocenters. The average Bonchev–Trinajstić information content (AvgIpc) is 1.87. The zero-order chi connectivity index (χ0) is 7.28. The minimum absolute atomic E-state index is 0.243. The summed E-state index contributed by atoms with van der Waals surface area (Å²) < 4.78 is 4.23. The van der Waals surface area contributed by atoms with E-state index in [1.54, 1.807) is 0 Å². The van der Waals surface area contributed by atoms with Crippen molar-refractivity contribution in [1.29, 1.82) is 0 Å². The molecule has 3 heteroatoms. The second-order valence-electron chi connectivity index (χ2n) is 1.56. The Labute approximate surface area is 53.9 Å². The number of methoxy groups -OCH3 is 1. The van der Waals surface area contributed by atoms with Crippen molar-refractivity contribution in [2.24, 2.45) is 0 Å². The number of hydrogen-bond donors (Lipinski definition) is 1. The molecule has 0 bridgehead atoms. The number of hydrogen-bond acceptors (Lipinski definition) is 3. The molecule has 9 heavy (non-hydrogen) atoms. The maximum Gasteiger partial charge on any atom is 0.335 e. The van der Waals surface area contributed by atoms with Gasteiger partial charge in [-0.05, 0) is 0 Å². The van der Waals surface area contributed by atoms with E-state index in [-0.39, 0.29) is 6.42 Å². The minimum atomic E-state index is -1.05. The Morgan fingerprint density at radius 2 is 2.56 bits per heavy atom. The van der Waals surface area contributed by atoms with Gasteiger partial charge < -0.3 is 9.84 Å². The van der Waals surface area contributed by atoms with Gasteiger partial charge in [0.15, 0.2) is 6.10 Å². The molecule has 0 spiro atoms. The molecule has 0 fully saturated rings. The fourth-order valence-electron chi connectivity index (χ4n) is 0.390. The van der Waals surface area contributed by atoms with Crippen LogP contribution in [-0.2, 0) is 9.53 Å². The number of carbonyl (C=O) groups excluding carboxylic acids is 1. The van der Waals surface area contributed by atoms with Gasteiger partial charge in [-0.1, -0.05) is 6.08 Å². The first kappa shape index (κ1) is 8.17. The van der Waals surface area contributed by atoms with Gasteiger partial charge in [-0.15, -0.1) is 6.58 Å². The number of esters is 1. The van der Waals surface area contributed by atoms with Gasteiger partial charge in [0, 0.05) is 6.42 Å². The lowest BCUT2D eigenvalue weighted by Crippen LogP contribution is -2.20. The second-order valence-corrected chi connectivity index (χ2v) is 1.56. The van der Waals surface area contributed by atoms with Crippen molar-refractivity contribution in [3.8, 4) is 0 Å². The smallest absolute Gasteiger partial charge is 0.335 e. The largest absolute Gasteiger partial charge is 0.467 e. The SMILES string of the molecule is C=CC[C@@H](O)C(=O)OC. The van der Waals surface area contributed by atoms with Gasteiger partial charge >= 0.3 is 5.97 Å². The van der Waals surface area contributed by atoms with Crippen LogP contribution in [0.15, 0.2) is 12.7 Å². The highest BCUT2D eigenvalue weighted by atomic mass is 16.5. The molecular weight excluding hydrogens is 120 g/mol. The first-order chi connectivity index (χ1) is 4.22. The maximum atomic E-state index is 10.4. The summed E-state index contributed by atoms with van der Waals surface area (Å²) in [5, 5.41) is 8.77. The van der Waals surface area contributed by atoms with E-state index in [0.717, 1.165) is 0 Å². The first-order valence-electron chi connectivity index (χ1n) is 2.59. The van der Waals surface area contributed by atoms with E-state index in [9.17, 15) is 4.79 Å². The van der Waals surface area contributed by atoms with E-state index in [2.05, 4.69) is 11.3 Å². The molecule has 1 atom stereocenters. The first-order valence-corrected chi connectivity index (χ1v) is 2.59. The van der Waals surface area contributed by atoms with Gasteiger partial charge in [0.05, 0.1) is 7.11 Å². The highest BCUT2D eigenvalue weighted by Crippen LogP contribution is 1.93. The summed E-state index contributed by atoms with van der Waals surface area (Å²) >= 11 is 0. The number of aliphatic hydroxyl groups excluding tert-OH is 1. The summed E-state index contributed by atoms with van der Waals surface area (Å²) in [6, 6.07) is 0. The molecule has 0 saturated heterocycles. The highest BCUT2D eigenvalue weighted by Gasteiger charge is 2.11. The molecule has 0 aromatic carbocycles. The molecule has 0 radical (unpaired) electrons. The Hall–Kier alpha value is -0.830. The van der Waals surface area contributed by atoms with Crippen molar-refractivity contribution >= 4 is 5.97 Å². The van der Waals surface area contributed by atoms with Gasteiger partial charge in [0.25, 0.3) is 0 Å². The van der Waals surface area contributed by atoms with Crippen LogP contribution in [0.2, 0.25) is 0 Å². The van der Waals surface area contributed by atoms with E-state index < -0.39 is 12.1 Å². The molecule has 0 aromatic heterocycles. The van der Waals surface area contributed by atoms with Gasteiger partial charge in [-0.25, -0.2) is 4.79 Å². The molecule has 0 aliphatic carbocycles.